The van der Waals surface area contributed by atoms with Crippen molar-refractivity contribution < 1.29 is 66.6 Å². The predicted molar refractivity (Wildman–Crippen MR) is 253 cm³/mol. The number of rotatable bonds is 45. The van der Waals surface area contributed by atoms with Gasteiger partial charge in [0.2, 0.25) is 0 Å². The van der Waals surface area contributed by atoms with Crippen molar-refractivity contribution in [2.45, 2.75) is 290 Å². The number of carboxylic acid groups (broad SMARTS) is 3. The van der Waals surface area contributed by atoms with Gasteiger partial charge in [0, 0.05) is 17.9 Å². The molecule has 364 valence electrons. The first-order valence-corrected chi connectivity index (χ1v) is 25.9. The average molecular weight is 1010 g/mol. The molecule has 0 aliphatic carbocycles. The molecule has 0 saturated carbocycles. The molecule has 0 atom stereocenters. The van der Waals surface area contributed by atoms with Crippen molar-refractivity contribution >= 4 is 17.9 Å². The number of carboxylic acids is 3. The van der Waals surface area contributed by atoms with E-state index in [4.69, 9.17) is 0 Å². The molecule has 6 nitrogen and oxygen atoms in total. The number of allylic oxidation sites excluding steroid dienone is 6. The Labute approximate surface area is 408 Å². The summed E-state index contributed by atoms with van der Waals surface area (Å²) in [6.07, 6.45) is 62.7. The fourth-order valence-electron chi connectivity index (χ4n) is 7.02. The number of carbonyl (C=O) groups is 3. The largest absolute Gasteiger partial charge is 3.00 e. The standard InChI is InChI=1S/3C18H34O2.Tm/c3*1-2-3-4-5-6-7-8-9-10-11-12-13-14-15-16-17-18(19)20;/h3*9-10H,2-8,11-17H2,1H3,(H,19,20);/q;;;+3/p-3/b3*10-9-;. The Hall–Kier alpha value is -1.14. The second kappa shape index (κ2) is 63.2. The molecule has 7 heteroatoms. The summed E-state index contributed by atoms with van der Waals surface area (Å²) in [5.41, 5.74) is 0. The summed E-state index contributed by atoms with van der Waals surface area (Å²) in [5.74, 6) is -2.74. The Bertz CT molecular complexity index is 827. The van der Waals surface area contributed by atoms with Gasteiger partial charge in [-0.1, -0.05) is 211 Å². The van der Waals surface area contributed by atoms with Gasteiger partial charge >= 0.3 is 36.9 Å². The minimum Gasteiger partial charge on any atom is -0.550 e. The van der Waals surface area contributed by atoms with Crippen LogP contribution in [-0.2, 0) is 14.4 Å². The summed E-state index contributed by atoms with van der Waals surface area (Å²) in [5, 5.41) is 30.6. The molecule has 0 rings (SSSR count). The summed E-state index contributed by atoms with van der Waals surface area (Å²) in [6.45, 7) is 6.77. The first-order chi connectivity index (χ1) is 29.3. The van der Waals surface area contributed by atoms with E-state index in [-0.39, 0.29) is 56.1 Å². The van der Waals surface area contributed by atoms with Crippen LogP contribution in [-0.4, -0.2) is 17.9 Å². The minimum absolute atomic E-state index is 0. The Morgan fingerprint density at radius 2 is 0.410 bits per heavy atom. The summed E-state index contributed by atoms with van der Waals surface area (Å²) in [4.78, 5) is 30.6. The maximum absolute atomic E-state index is 10.2. The molecule has 0 radical (unpaired) electrons. The number of carbonyl (C=O) groups excluding carboxylic acids is 3. The predicted octanol–water partition coefficient (Wildman–Crippen LogP) is 14.3. The van der Waals surface area contributed by atoms with E-state index in [0.717, 1.165) is 57.8 Å². The Morgan fingerprint density at radius 1 is 0.262 bits per heavy atom. The Balaban J connectivity index is -0.000000396. The third-order valence-electron chi connectivity index (χ3n) is 10.9. The smallest absolute Gasteiger partial charge is 0.550 e. The van der Waals surface area contributed by atoms with E-state index < -0.39 is 17.9 Å². The summed E-state index contributed by atoms with van der Waals surface area (Å²) in [6, 6.07) is 0. The van der Waals surface area contributed by atoms with Crippen LogP contribution in [0.5, 0.6) is 0 Å². The van der Waals surface area contributed by atoms with Gasteiger partial charge in [0.15, 0.2) is 0 Å². The van der Waals surface area contributed by atoms with E-state index in [1.54, 1.807) is 0 Å². The van der Waals surface area contributed by atoms with Gasteiger partial charge in [0.25, 0.3) is 0 Å². The fraction of sp³-hybridized carbons (Fsp3) is 0.833. The molecule has 0 aromatic carbocycles. The molecule has 0 amide bonds. The number of unbranched alkanes of at least 4 members (excludes halogenated alkanes) is 33. The molecule has 0 N–H and O–H groups in total. The Morgan fingerprint density at radius 3 is 0.574 bits per heavy atom. The zero-order valence-corrected chi connectivity index (χ0v) is 42.2. The van der Waals surface area contributed by atoms with Crippen LogP contribution in [0.4, 0.5) is 0 Å². The van der Waals surface area contributed by atoms with Crippen LogP contribution in [0.1, 0.15) is 290 Å². The zero-order valence-electron chi connectivity index (χ0n) is 40.4. The van der Waals surface area contributed by atoms with Crippen LogP contribution >= 0.6 is 0 Å². The minimum atomic E-state index is -0.914. The second-order valence-electron chi connectivity index (χ2n) is 17.1. The zero-order chi connectivity index (χ0) is 44.7. The number of aliphatic carboxylic acids is 3. The molecule has 0 saturated heterocycles. The van der Waals surface area contributed by atoms with Gasteiger partial charge in [-0.15, -0.1) is 0 Å². The second-order valence-corrected chi connectivity index (χ2v) is 17.1. The van der Waals surface area contributed by atoms with Gasteiger partial charge in [0.05, 0.1) is 0 Å². The molecule has 0 aromatic rings. The molecule has 0 fully saturated rings. The van der Waals surface area contributed by atoms with Crippen molar-refractivity contribution in [1.29, 1.82) is 0 Å². The third-order valence-corrected chi connectivity index (χ3v) is 10.9. The molecule has 61 heavy (non-hydrogen) atoms. The van der Waals surface area contributed by atoms with E-state index >= 15 is 0 Å². The molecule has 0 bridgehead atoms. The Kier molecular flexibility index (Phi) is 68.8. The molecule has 0 unspecified atom stereocenters. The number of hydrogen-bond donors (Lipinski definition) is 0. The molecular formula is C54H99O6Tm. The SMILES string of the molecule is CCCCCCCC/C=C\CCCCCCCC(=O)[O-].CCCCCCCC/C=C\CCCCCCCC(=O)[O-].CCCCCCCC/C=C\CCCCCCCC(=O)[O-].[Tm+3]. The fourth-order valence-corrected chi connectivity index (χ4v) is 7.02. The molecule has 0 aromatic heterocycles. The van der Waals surface area contributed by atoms with Gasteiger partial charge in [-0.25, -0.2) is 0 Å². The van der Waals surface area contributed by atoms with Gasteiger partial charge in [0.1, 0.15) is 0 Å². The van der Waals surface area contributed by atoms with Crippen molar-refractivity contribution in [3.8, 4) is 0 Å². The average Bonchev–Trinajstić information content (AvgIpc) is 3.22. The summed E-state index contributed by atoms with van der Waals surface area (Å²) >= 11 is 0. The summed E-state index contributed by atoms with van der Waals surface area (Å²) in [7, 11) is 0. The van der Waals surface area contributed by atoms with Gasteiger partial charge < -0.3 is 29.7 Å². The maximum Gasteiger partial charge on any atom is 3.00 e. The quantitative estimate of drug-likeness (QED) is 0.0442. The van der Waals surface area contributed by atoms with Crippen molar-refractivity contribution in [1.82, 2.24) is 0 Å². The van der Waals surface area contributed by atoms with Crippen LogP contribution in [0.15, 0.2) is 36.5 Å². The third kappa shape index (κ3) is 76.6. The van der Waals surface area contributed by atoms with E-state index in [9.17, 15) is 29.7 Å². The van der Waals surface area contributed by atoms with Crippen molar-refractivity contribution in [3.05, 3.63) is 36.5 Å². The first-order valence-electron chi connectivity index (χ1n) is 25.9. The van der Waals surface area contributed by atoms with Crippen LogP contribution in [0.2, 0.25) is 0 Å². The van der Waals surface area contributed by atoms with Crippen molar-refractivity contribution in [3.63, 3.8) is 0 Å². The van der Waals surface area contributed by atoms with E-state index in [2.05, 4.69) is 57.2 Å². The van der Waals surface area contributed by atoms with Crippen LogP contribution in [0.3, 0.4) is 0 Å². The van der Waals surface area contributed by atoms with Gasteiger partial charge in [-0.3, -0.25) is 0 Å². The molecular weight excluding hydrogens is 914 g/mol. The van der Waals surface area contributed by atoms with E-state index in [0.29, 0.717) is 0 Å². The summed E-state index contributed by atoms with van der Waals surface area (Å²) < 4.78 is 0. The van der Waals surface area contributed by atoms with Crippen LogP contribution < -0.4 is 15.3 Å². The first kappa shape index (κ1) is 66.5. The van der Waals surface area contributed by atoms with Gasteiger partial charge in [-0.05, 0) is 116 Å². The monoisotopic (exact) mass is 1010 g/mol. The normalized spacial score (nSPS) is 11.1. The van der Waals surface area contributed by atoms with Crippen LogP contribution in [0, 0.1) is 36.9 Å². The van der Waals surface area contributed by atoms with Gasteiger partial charge in [-0.2, -0.15) is 0 Å². The molecule has 0 heterocycles. The maximum atomic E-state index is 10.2. The van der Waals surface area contributed by atoms with Crippen molar-refractivity contribution in [2.24, 2.45) is 0 Å². The molecule has 0 aliphatic rings. The van der Waals surface area contributed by atoms with E-state index in [1.807, 2.05) is 0 Å². The van der Waals surface area contributed by atoms with Crippen LogP contribution in [0.25, 0.3) is 0 Å². The topological polar surface area (TPSA) is 120 Å². The van der Waals surface area contributed by atoms with E-state index in [1.165, 1.54) is 193 Å². The number of hydrogen-bond acceptors (Lipinski definition) is 6. The molecule has 0 aliphatic heterocycles. The van der Waals surface area contributed by atoms with Crippen molar-refractivity contribution in [2.75, 3.05) is 0 Å². The molecule has 0 spiro atoms.